The van der Waals surface area contributed by atoms with Gasteiger partial charge in [-0.25, -0.2) is 13.4 Å². The van der Waals surface area contributed by atoms with Crippen molar-refractivity contribution in [3.63, 3.8) is 0 Å². The summed E-state index contributed by atoms with van der Waals surface area (Å²) in [4.78, 5) is 12.9. The van der Waals surface area contributed by atoms with Crippen molar-refractivity contribution in [1.29, 1.82) is 0 Å². The summed E-state index contributed by atoms with van der Waals surface area (Å²) in [5.41, 5.74) is 3.89. The molecule has 1 atom stereocenters. The number of nitrogens with zero attached hydrogens (tertiary/aromatic N) is 2. The van der Waals surface area contributed by atoms with Crippen molar-refractivity contribution in [2.45, 2.75) is 32.7 Å². The SMILES string of the molecule is Cc1cc2occ(CC(=O)N([C@H]3CCS(=O)(=O)C3)N(C)C)c2cc1C. The van der Waals surface area contributed by atoms with Gasteiger partial charge >= 0.3 is 0 Å². The lowest BCUT2D eigenvalue weighted by atomic mass is 10.0. The van der Waals surface area contributed by atoms with Gasteiger partial charge in [-0.15, -0.1) is 0 Å². The predicted molar refractivity (Wildman–Crippen MR) is 97.0 cm³/mol. The fourth-order valence-electron chi connectivity index (χ4n) is 3.44. The van der Waals surface area contributed by atoms with Gasteiger partial charge in [0, 0.05) is 25.0 Å². The van der Waals surface area contributed by atoms with E-state index >= 15 is 0 Å². The average molecular weight is 364 g/mol. The Morgan fingerprint density at radius 1 is 1.24 bits per heavy atom. The maximum Gasteiger partial charge on any atom is 0.241 e. The summed E-state index contributed by atoms with van der Waals surface area (Å²) in [6.45, 7) is 4.05. The zero-order valence-corrected chi connectivity index (χ0v) is 15.9. The molecule has 136 valence electrons. The lowest BCUT2D eigenvalue weighted by molar-refractivity contribution is -0.148. The molecular formula is C18H24N2O4S. The molecule has 1 aromatic heterocycles. The van der Waals surface area contributed by atoms with Crippen molar-refractivity contribution in [2.75, 3.05) is 25.6 Å². The molecule has 3 rings (SSSR count). The molecule has 1 aliphatic heterocycles. The molecule has 2 aromatic rings. The summed E-state index contributed by atoms with van der Waals surface area (Å²) in [7, 11) is 0.482. The Morgan fingerprint density at radius 3 is 2.52 bits per heavy atom. The monoisotopic (exact) mass is 364 g/mol. The third kappa shape index (κ3) is 3.57. The molecule has 1 saturated heterocycles. The van der Waals surface area contributed by atoms with Crippen LogP contribution in [0.5, 0.6) is 0 Å². The molecule has 0 spiro atoms. The minimum Gasteiger partial charge on any atom is -0.464 e. The topological polar surface area (TPSA) is 70.8 Å². The Balaban J connectivity index is 1.86. The van der Waals surface area contributed by atoms with Crippen LogP contribution in [-0.4, -0.2) is 56.0 Å². The van der Waals surface area contributed by atoms with E-state index in [2.05, 4.69) is 0 Å². The van der Waals surface area contributed by atoms with Crippen LogP contribution in [0.25, 0.3) is 11.0 Å². The van der Waals surface area contributed by atoms with Gasteiger partial charge in [0.05, 0.1) is 30.2 Å². The molecule has 0 N–H and O–H groups in total. The number of fused-ring (bicyclic) bond motifs is 1. The number of carbonyl (C=O) groups excluding carboxylic acids is 1. The molecule has 0 radical (unpaired) electrons. The van der Waals surface area contributed by atoms with Gasteiger partial charge < -0.3 is 4.42 Å². The second-order valence-corrected chi connectivity index (χ2v) is 9.24. The van der Waals surface area contributed by atoms with Gasteiger partial charge in [0.1, 0.15) is 5.58 Å². The fourth-order valence-corrected chi connectivity index (χ4v) is 5.13. The number of furan rings is 1. The normalized spacial score (nSPS) is 19.6. The van der Waals surface area contributed by atoms with E-state index < -0.39 is 9.84 Å². The van der Waals surface area contributed by atoms with E-state index in [0.717, 1.165) is 27.7 Å². The van der Waals surface area contributed by atoms with Crippen LogP contribution in [0.4, 0.5) is 0 Å². The third-order valence-corrected chi connectivity index (χ3v) is 6.60. The van der Waals surface area contributed by atoms with Crippen molar-refractivity contribution < 1.29 is 17.6 Å². The number of amides is 1. The number of carbonyl (C=O) groups is 1. The standard InChI is InChI=1S/C18H24N2O4S/c1-12-7-16-14(10-24-17(16)8-13(12)2)9-18(21)20(19(3)4)15-5-6-25(22,23)11-15/h7-8,10,15H,5-6,9,11H2,1-4H3/t15-/m0/s1. The quantitative estimate of drug-likeness (QED) is 0.777. The van der Waals surface area contributed by atoms with Crippen LogP contribution in [-0.2, 0) is 21.1 Å². The zero-order chi connectivity index (χ0) is 18.4. The Labute approximate surface area is 148 Å². The van der Waals surface area contributed by atoms with Gasteiger partial charge in [-0.1, -0.05) is 0 Å². The van der Waals surface area contributed by atoms with Gasteiger partial charge in [-0.05, 0) is 43.5 Å². The molecule has 1 aliphatic rings. The number of hydrazine groups is 1. The molecule has 2 heterocycles. The van der Waals surface area contributed by atoms with Crippen molar-refractivity contribution in [3.05, 3.63) is 35.1 Å². The van der Waals surface area contributed by atoms with Crippen LogP contribution >= 0.6 is 0 Å². The molecule has 1 aromatic carbocycles. The Morgan fingerprint density at radius 2 is 1.92 bits per heavy atom. The lowest BCUT2D eigenvalue weighted by Crippen LogP contribution is -2.49. The molecule has 6 nitrogen and oxygen atoms in total. The smallest absolute Gasteiger partial charge is 0.241 e. The van der Waals surface area contributed by atoms with Crippen LogP contribution in [0.1, 0.15) is 23.1 Å². The molecule has 1 amide bonds. The lowest BCUT2D eigenvalue weighted by Gasteiger charge is -2.33. The van der Waals surface area contributed by atoms with E-state index in [0.29, 0.717) is 6.42 Å². The first kappa shape index (κ1) is 17.9. The third-order valence-electron chi connectivity index (χ3n) is 4.85. The predicted octanol–water partition coefficient (Wildman–Crippen LogP) is 2.08. The second kappa shape index (κ2) is 6.46. The van der Waals surface area contributed by atoms with E-state index in [9.17, 15) is 13.2 Å². The first-order chi connectivity index (χ1) is 11.7. The summed E-state index contributed by atoms with van der Waals surface area (Å²) in [6.07, 6.45) is 2.29. The highest BCUT2D eigenvalue weighted by molar-refractivity contribution is 7.91. The summed E-state index contributed by atoms with van der Waals surface area (Å²) in [6, 6.07) is 3.72. The molecule has 25 heavy (non-hydrogen) atoms. The van der Waals surface area contributed by atoms with E-state index in [1.165, 1.54) is 0 Å². The van der Waals surface area contributed by atoms with Crippen LogP contribution in [0.3, 0.4) is 0 Å². The molecule has 0 unspecified atom stereocenters. The Kier molecular flexibility index (Phi) is 4.64. The van der Waals surface area contributed by atoms with Crippen LogP contribution in [0.2, 0.25) is 0 Å². The van der Waals surface area contributed by atoms with Crippen molar-refractivity contribution in [2.24, 2.45) is 0 Å². The Hall–Kier alpha value is -1.86. The largest absolute Gasteiger partial charge is 0.464 e. The molecule has 0 aliphatic carbocycles. The number of hydrogen-bond donors (Lipinski definition) is 0. The van der Waals surface area contributed by atoms with Gasteiger partial charge in [0.25, 0.3) is 0 Å². The Bertz CT molecular complexity index is 915. The number of rotatable bonds is 4. The van der Waals surface area contributed by atoms with E-state index in [1.807, 2.05) is 26.0 Å². The average Bonchev–Trinajstić information content (AvgIpc) is 3.03. The van der Waals surface area contributed by atoms with Crippen LogP contribution < -0.4 is 0 Å². The van der Waals surface area contributed by atoms with E-state index in [4.69, 9.17) is 4.42 Å². The first-order valence-corrected chi connectivity index (χ1v) is 10.2. The number of benzene rings is 1. The summed E-state index contributed by atoms with van der Waals surface area (Å²) in [5.74, 6) is 0.0528. The number of hydrogen-bond acceptors (Lipinski definition) is 5. The van der Waals surface area contributed by atoms with Crippen molar-refractivity contribution in [3.8, 4) is 0 Å². The first-order valence-electron chi connectivity index (χ1n) is 8.35. The maximum atomic E-state index is 12.9. The van der Waals surface area contributed by atoms with Gasteiger partial charge in [-0.3, -0.25) is 9.80 Å². The van der Waals surface area contributed by atoms with Gasteiger partial charge in [0.15, 0.2) is 9.84 Å². The zero-order valence-electron chi connectivity index (χ0n) is 15.1. The minimum absolute atomic E-state index is 0.0291. The van der Waals surface area contributed by atoms with Gasteiger partial charge in [-0.2, -0.15) is 0 Å². The van der Waals surface area contributed by atoms with Crippen molar-refractivity contribution >= 4 is 26.7 Å². The van der Waals surface area contributed by atoms with Crippen LogP contribution in [0, 0.1) is 13.8 Å². The number of aryl methyl sites for hydroxylation is 2. The molecule has 0 bridgehead atoms. The van der Waals surface area contributed by atoms with E-state index in [1.54, 1.807) is 30.4 Å². The van der Waals surface area contributed by atoms with Crippen molar-refractivity contribution in [1.82, 2.24) is 10.0 Å². The maximum absolute atomic E-state index is 12.9. The summed E-state index contributed by atoms with van der Waals surface area (Å²) < 4.78 is 29.2. The highest BCUT2D eigenvalue weighted by Gasteiger charge is 2.36. The van der Waals surface area contributed by atoms with Gasteiger partial charge in [0.2, 0.25) is 5.91 Å². The molecule has 1 fully saturated rings. The highest BCUT2D eigenvalue weighted by atomic mass is 32.2. The highest BCUT2D eigenvalue weighted by Crippen LogP contribution is 2.26. The minimum atomic E-state index is -3.05. The molecular weight excluding hydrogens is 340 g/mol. The molecule has 7 heteroatoms. The fraction of sp³-hybridized carbons (Fsp3) is 0.500. The van der Waals surface area contributed by atoms with E-state index in [-0.39, 0.29) is 29.9 Å². The summed E-state index contributed by atoms with van der Waals surface area (Å²) >= 11 is 0. The summed E-state index contributed by atoms with van der Waals surface area (Å²) in [5, 5.41) is 4.20. The second-order valence-electron chi connectivity index (χ2n) is 7.01. The van der Waals surface area contributed by atoms with Crippen LogP contribution in [0.15, 0.2) is 22.8 Å². The molecule has 0 saturated carbocycles. The number of sulfone groups is 1.